The van der Waals surface area contributed by atoms with E-state index >= 15 is 0 Å². The van der Waals surface area contributed by atoms with Gasteiger partial charge in [0.15, 0.2) is 0 Å². The van der Waals surface area contributed by atoms with Crippen molar-refractivity contribution < 1.29 is 14.7 Å². The van der Waals surface area contributed by atoms with Gasteiger partial charge in [-0.2, -0.15) is 0 Å². The molecule has 1 aromatic rings. The summed E-state index contributed by atoms with van der Waals surface area (Å²) in [4.78, 5) is 23.4. The highest BCUT2D eigenvalue weighted by Crippen LogP contribution is 2.17. The van der Waals surface area contributed by atoms with Gasteiger partial charge in [-0.15, -0.1) is 11.3 Å². The number of hydrogen-bond donors (Lipinski definition) is 3. The first-order valence-corrected chi connectivity index (χ1v) is 6.13. The van der Waals surface area contributed by atoms with Crippen molar-refractivity contribution in [3.63, 3.8) is 0 Å². The zero-order chi connectivity index (χ0) is 13.0. The molecular formula is C11H16N2O3S. The summed E-state index contributed by atoms with van der Waals surface area (Å²) in [5.74, 6) is -1.70. The fraction of sp³-hybridized carbons (Fsp3) is 0.455. The van der Waals surface area contributed by atoms with Gasteiger partial charge in [0, 0.05) is 4.88 Å². The van der Waals surface area contributed by atoms with Crippen LogP contribution in [0.1, 0.15) is 24.8 Å². The smallest absolute Gasteiger partial charge is 0.326 e. The van der Waals surface area contributed by atoms with Gasteiger partial charge in [-0.1, -0.05) is 19.9 Å². The molecule has 2 atom stereocenters. The molecule has 17 heavy (non-hydrogen) atoms. The van der Waals surface area contributed by atoms with E-state index in [1.54, 1.807) is 26.0 Å². The molecule has 0 saturated heterocycles. The number of nitrogens with two attached hydrogens (primary N) is 1. The van der Waals surface area contributed by atoms with Gasteiger partial charge in [-0.05, 0) is 17.4 Å². The number of carbonyl (C=O) groups excluding carboxylic acids is 1. The van der Waals surface area contributed by atoms with E-state index in [1.165, 1.54) is 11.3 Å². The first kappa shape index (κ1) is 13.7. The number of carbonyl (C=O) groups is 2. The lowest BCUT2D eigenvalue weighted by Gasteiger charge is -2.19. The van der Waals surface area contributed by atoms with Gasteiger partial charge >= 0.3 is 5.97 Å². The molecule has 0 bridgehead atoms. The number of amides is 1. The maximum Gasteiger partial charge on any atom is 0.326 e. The summed E-state index contributed by atoms with van der Waals surface area (Å²) in [5, 5.41) is 13.2. The zero-order valence-corrected chi connectivity index (χ0v) is 10.5. The lowest BCUT2D eigenvalue weighted by atomic mass is 10.0. The molecule has 0 aliphatic rings. The highest BCUT2D eigenvalue weighted by molar-refractivity contribution is 7.10. The number of carboxylic acid groups (broad SMARTS) is 1. The Morgan fingerprint density at radius 1 is 1.47 bits per heavy atom. The Labute approximate surface area is 104 Å². The Morgan fingerprint density at radius 2 is 2.12 bits per heavy atom. The van der Waals surface area contributed by atoms with Crippen LogP contribution in [0.3, 0.4) is 0 Å². The fourth-order valence-corrected chi connectivity index (χ4v) is 2.08. The van der Waals surface area contributed by atoms with Gasteiger partial charge < -0.3 is 16.2 Å². The maximum absolute atomic E-state index is 11.8. The molecule has 0 aliphatic carbocycles. The Balaban J connectivity index is 2.68. The van der Waals surface area contributed by atoms with Crippen LogP contribution in [-0.2, 0) is 9.59 Å². The highest BCUT2D eigenvalue weighted by atomic mass is 32.1. The summed E-state index contributed by atoms with van der Waals surface area (Å²) < 4.78 is 0. The van der Waals surface area contributed by atoms with Crippen LogP contribution < -0.4 is 11.1 Å². The van der Waals surface area contributed by atoms with Crippen molar-refractivity contribution in [3.8, 4) is 0 Å². The minimum absolute atomic E-state index is 0.188. The molecule has 0 saturated carbocycles. The van der Waals surface area contributed by atoms with E-state index < -0.39 is 24.0 Å². The topological polar surface area (TPSA) is 92.4 Å². The molecule has 0 radical (unpaired) electrons. The predicted molar refractivity (Wildman–Crippen MR) is 65.7 cm³/mol. The summed E-state index contributed by atoms with van der Waals surface area (Å²) in [6.07, 6.45) is 0. The van der Waals surface area contributed by atoms with E-state index in [9.17, 15) is 9.59 Å². The van der Waals surface area contributed by atoms with Crippen LogP contribution in [-0.4, -0.2) is 23.0 Å². The van der Waals surface area contributed by atoms with Crippen LogP contribution in [0.25, 0.3) is 0 Å². The SMILES string of the molecule is CC(C)C(NC(=O)C(N)c1cccs1)C(=O)O. The van der Waals surface area contributed by atoms with Crippen molar-refractivity contribution >= 4 is 23.2 Å². The molecule has 5 nitrogen and oxygen atoms in total. The molecular weight excluding hydrogens is 240 g/mol. The second kappa shape index (κ2) is 5.79. The summed E-state index contributed by atoms with van der Waals surface area (Å²) in [6.45, 7) is 3.46. The fourth-order valence-electron chi connectivity index (χ4n) is 1.35. The zero-order valence-electron chi connectivity index (χ0n) is 9.71. The lowest BCUT2D eigenvalue weighted by molar-refractivity contribution is -0.143. The lowest BCUT2D eigenvalue weighted by Crippen LogP contribution is -2.47. The number of carboxylic acids is 1. The molecule has 0 aromatic carbocycles. The van der Waals surface area contributed by atoms with Crippen molar-refractivity contribution in [1.82, 2.24) is 5.32 Å². The summed E-state index contributed by atoms with van der Waals surface area (Å²) in [5.41, 5.74) is 5.74. The maximum atomic E-state index is 11.8. The van der Waals surface area contributed by atoms with Crippen LogP contribution in [0, 0.1) is 5.92 Å². The quantitative estimate of drug-likeness (QED) is 0.732. The van der Waals surface area contributed by atoms with Crippen LogP contribution in [0.5, 0.6) is 0 Å². The van der Waals surface area contributed by atoms with Crippen molar-refractivity contribution in [2.45, 2.75) is 25.9 Å². The summed E-state index contributed by atoms with van der Waals surface area (Å²) in [6, 6.07) is 1.83. The van der Waals surface area contributed by atoms with Crippen molar-refractivity contribution in [2.24, 2.45) is 11.7 Å². The Bertz CT molecular complexity index is 389. The Hall–Kier alpha value is -1.40. The second-order valence-corrected chi connectivity index (χ2v) is 5.04. The van der Waals surface area contributed by atoms with Gasteiger partial charge in [0.25, 0.3) is 0 Å². The number of thiophene rings is 1. The molecule has 6 heteroatoms. The second-order valence-electron chi connectivity index (χ2n) is 4.06. The van der Waals surface area contributed by atoms with E-state index in [0.717, 1.165) is 4.88 Å². The molecule has 1 heterocycles. The van der Waals surface area contributed by atoms with Crippen LogP contribution in [0.2, 0.25) is 0 Å². The Morgan fingerprint density at radius 3 is 2.53 bits per heavy atom. The molecule has 0 fully saturated rings. The van der Waals surface area contributed by atoms with Gasteiger partial charge in [-0.25, -0.2) is 4.79 Å². The van der Waals surface area contributed by atoms with E-state index in [4.69, 9.17) is 10.8 Å². The number of aliphatic carboxylic acids is 1. The number of rotatable bonds is 5. The van der Waals surface area contributed by atoms with Crippen LogP contribution in [0.4, 0.5) is 0 Å². The van der Waals surface area contributed by atoms with Gasteiger partial charge in [0.2, 0.25) is 5.91 Å². The molecule has 94 valence electrons. The van der Waals surface area contributed by atoms with E-state index in [2.05, 4.69) is 5.32 Å². The summed E-state index contributed by atoms with van der Waals surface area (Å²) in [7, 11) is 0. The summed E-state index contributed by atoms with van der Waals surface area (Å²) >= 11 is 1.37. The van der Waals surface area contributed by atoms with E-state index in [-0.39, 0.29) is 5.92 Å². The van der Waals surface area contributed by atoms with Crippen LogP contribution >= 0.6 is 11.3 Å². The van der Waals surface area contributed by atoms with Crippen molar-refractivity contribution in [2.75, 3.05) is 0 Å². The van der Waals surface area contributed by atoms with Crippen LogP contribution in [0.15, 0.2) is 17.5 Å². The van der Waals surface area contributed by atoms with Gasteiger partial charge in [-0.3, -0.25) is 4.79 Å². The molecule has 1 aromatic heterocycles. The molecule has 1 rings (SSSR count). The first-order chi connectivity index (χ1) is 7.93. The van der Waals surface area contributed by atoms with E-state index in [1.807, 2.05) is 5.38 Å². The minimum atomic E-state index is -1.05. The minimum Gasteiger partial charge on any atom is -0.480 e. The standard InChI is InChI=1S/C11H16N2O3S/c1-6(2)9(11(15)16)13-10(14)8(12)7-4-3-5-17-7/h3-6,8-9H,12H2,1-2H3,(H,13,14)(H,15,16). The number of nitrogens with one attached hydrogen (secondary N) is 1. The van der Waals surface area contributed by atoms with E-state index in [0.29, 0.717) is 0 Å². The average Bonchev–Trinajstić information content (AvgIpc) is 2.76. The molecule has 1 amide bonds. The van der Waals surface area contributed by atoms with Gasteiger partial charge in [0.05, 0.1) is 0 Å². The molecule has 0 aliphatic heterocycles. The Kier molecular flexibility index (Phi) is 4.65. The predicted octanol–water partition coefficient (Wildman–Crippen LogP) is 0.973. The third kappa shape index (κ3) is 3.54. The molecule has 2 unspecified atom stereocenters. The largest absolute Gasteiger partial charge is 0.480 e. The highest BCUT2D eigenvalue weighted by Gasteiger charge is 2.26. The first-order valence-electron chi connectivity index (χ1n) is 5.25. The molecule has 4 N–H and O–H groups in total. The number of hydrogen-bond acceptors (Lipinski definition) is 4. The molecule has 0 spiro atoms. The third-order valence-electron chi connectivity index (χ3n) is 2.36. The average molecular weight is 256 g/mol. The van der Waals surface area contributed by atoms with Crippen molar-refractivity contribution in [3.05, 3.63) is 22.4 Å². The normalized spacial score (nSPS) is 14.4. The monoisotopic (exact) mass is 256 g/mol. The van der Waals surface area contributed by atoms with Gasteiger partial charge in [0.1, 0.15) is 12.1 Å². The van der Waals surface area contributed by atoms with Crippen molar-refractivity contribution in [1.29, 1.82) is 0 Å². The third-order valence-corrected chi connectivity index (χ3v) is 3.32.